The van der Waals surface area contributed by atoms with Gasteiger partial charge < -0.3 is 10.2 Å². The van der Waals surface area contributed by atoms with E-state index in [1.54, 1.807) is 6.92 Å². The van der Waals surface area contributed by atoms with Crippen LogP contribution in [0.3, 0.4) is 0 Å². The van der Waals surface area contributed by atoms with Crippen LogP contribution >= 0.6 is 0 Å². The smallest absolute Gasteiger partial charge is 0.340 e. The van der Waals surface area contributed by atoms with Gasteiger partial charge in [0.1, 0.15) is 17.1 Å². The number of nitrogens with one attached hydrogen (secondary N) is 1. The van der Waals surface area contributed by atoms with Crippen LogP contribution in [-0.2, 0) is 9.59 Å². The number of halogens is 3. The molecule has 1 saturated heterocycles. The lowest BCUT2D eigenvalue weighted by Gasteiger charge is -2.47. The SMILES string of the molecule is CCC1C(=O)NC(C)(C)C(=O)N1C1(C(F)(F)F)CC1. The second kappa shape index (κ2) is 3.86. The number of hydrogen-bond donors (Lipinski definition) is 1. The lowest BCUT2D eigenvalue weighted by Crippen LogP contribution is -2.72. The number of nitrogens with zero attached hydrogens (tertiary/aromatic N) is 1. The maximum absolute atomic E-state index is 13.2. The highest BCUT2D eigenvalue weighted by molar-refractivity contribution is 6.00. The molecule has 1 aliphatic carbocycles. The Morgan fingerprint density at radius 2 is 1.84 bits per heavy atom. The second-order valence-electron chi connectivity index (χ2n) is 5.74. The van der Waals surface area contributed by atoms with Crippen LogP contribution in [0.15, 0.2) is 0 Å². The topological polar surface area (TPSA) is 49.4 Å². The van der Waals surface area contributed by atoms with Crippen molar-refractivity contribution in [3.63, 3.8) is 0 Å². The molecule has 0 aromatic heterocycles. The van der Waals surface area contributed by atoms with Gasteiger partial charge in [-0.15, -0.1) is 0 Å². The van der Waals surface area contributed by atoms with Crippen molar-refractivity contribution in [1.82, 2.24) is 10.2 Å². The fourth-order valence-corrected chi connectivity index (χ4v) is 2.64. The number of amides is 2. The molecule has 4 nitrogen and oxygen atoms in total. The highest BCUT2D eigenvalue weighted by Gasteiger charge is 2.71. The summed E-state index contributed by atoms with van der Waals surface area (Å²) in [7, 11) is 0. The third kappa shape index (κ3) is 1.90. The number of hydrogen-bond acceptors (Lipinski definition) is 2. The summed E-state index contributed by atoms with van der Waals surface area (Å²) in [6, 6.07) is -1.04. The standard InChI is InChI=1S/C12H17F3N2O2/c1-4-7-8(18)16-10(2,3)9(19)17(7)11(5-6-11)12(13,14)15/h7H,4-6H2,1-3H3,(H,16,18). The maximum atomic E-state index is 13.2. The van der Waals surface area contributed by atoms with Crippen molar-refractivity contribution in [2.24, 2.45) is 0 Å². The van der Waals surface area contributed by atoms with E-state index in [4.69, 9.17) is 0 Å². The van der Waals surface area contributed by atoms with Crippen LogP contribution in [0.25, 0.3) is 0 Å². The fourth-order valence-electron chi connectivity index (χ4n) is 2.64. The number of carbonyl (C=O) groups excluding carboxylic acids is 2. The molecule has 2 rings (SSSR count). The first-order valence-corrected chi connectivity index (χ1v) is 6.29. The molecule has 1 heterocycles. The zero-order valence-electron chi connectivity index (χ0n) is 11.1. The lowest BCUT2D eigenvalue weighted by molar-refractivity contribution is -0.212. The summed E-state index contributed by atoms with van der Waals surface area (Å²) in [4.78, 5) is 25.0. The number of alkyl halides is 3. The average Bonchev–Trinajstić information content (AvgIpc) is 3.02. The van der Waals surface area contributed by atoms with E-state index in [0.29, 0.717) is 0 Å². The molecule has 1 saturated carbocycles. The lowest BCUT2D eigenvalue weighted by atomic mass is 9.93. The molecule has 1 aliphatic heterocycles. The summed E-state index contributed by atoms with van der Waals surface area (Å²) in [6.45, 7) is 4.46. The molecule has 0 radical (unpaired) electrons. The molecule has 1 N–H and O–H groups in total. The molecule has 2 amide bonds. The fraction of sp³-hybridized carbons (Fsp3) is 0.833. The predicted octanol–water partition coefficient (Wildman–Crippen LogP) is 1.60. The first-order chi connectivity index (χ1) is 8.57. The Bertz CT molecular complexity index is 427. The van der Waals surface area contributed by atoms with Gasteiger partial charge in [-0.3, -0.25) is 9.59 Å². The van der Waals surface area contributed by atoms with Gasteiger partial charge in [-0.1, -0.05) is 6.92 Å². The molecular weight excluding hydrogens is 261 g/mol. The molecule has 108 valence electrons. The Labute approximate surface area is 109 Å². The Morgan fingerprint density at radius 1 is 1.32 bits per heavy atom. The van der Waals surface area contributed by atoms with Crippen LogP contribution in [0.5, 0.6) is 0 Å². The van der Waals surface area contributed by atoms with Crippen molar-refractivity contribution >= 4 is 11.8 Å². The van der Waals surface area contributed by atoms with E-state index in [9.17, 15) is 22.8 Å². The molecule has 7 heteroatoms. The average molecular weight is 278 g/mol. The number of carbonyl (C=O) groups is 2. The minimum Gasteiger partial charge on any atom is -0.340 e. The highest BCUT2D eigenvalue weighted by Crippen LogP contribution is 2.55. The summed E-state index contributed by atoms with van der Waals surface area (Å²) in [5.41, 5.74) is -3.43. The van der Waals surface area contributed by atoms with Crippen LogP contribution in [0.1, 0.15) is 40.0 Å². The predicted molar refractivity (Wildman–Crippen MR) is 61.2 cm³/mol. The molecule has 0 aromatic rings. The van der Waals surface area contributed by atoms with Crippen molar-refractivity contribution in [3.8, 4) is 0 Å². The monoisotopic (exact) mass is 278 g/mol. The van der Waals surface area contributed by atoms with E-state index in [2.05, 4.69) is 5.32 Å². The van der Waals surface area contributed by atoms with Gasteiger partial charge in [0.2, 0.25) is 11.8 Å². The van der Waals surface area contributed by atoms with Gasteiger partial charge in [0.25, 0.3) is 0 Å². The zero-order valence-corrected chi connectivity index (χ0v) is 11.1. The molecule has 0 spiro atoms. The van der Waals surface area contributed by atoms with E-state index >= 15 is 0 Å². The van der Waals surface area contributed by atoms with Gasteiger partial charge in [0.05, 0.1) is 0 Å². The van der Waals surface area contributed by atoms with Gasteiger partial charge in [0.15, 0.2) is 0 Å². The first kappa shape index (κ1) is 14.1. The van der Waals surface area contributed by atoms with Crippen LogP contribution in [0.2, 0.25) is 0 Å². The van der Waals surface area contributed by atoms with E-state index in [0.717, 1.165) is 4.90 Å². The highest BCUT2D eigenvalue weighted by atomic mass is 19.4. The molecule has 1 unspecified atom stereocenters. The maximum Gasteiger partial charge on any atom is 0.411 e. The Balaban J connectivity index is 2.45. The minimum absolute atomic E-state index is 0.123. The zero-order chi connectivity index (χ0) is 14.6. The molecular formula is C12H17F3N2O2. The van der Waals surface area contributed by atoms with Gasteiger partial charge in [0, 0.05) is 0 Å². The van der Waals surface area contributed by atoms with Crippen LogP contribution < -0.4 is 5.32 Å². The van der Waals surface area contributed by atoms with Gasteiger partial charge in [-0.05, 0) is 33.1 Å². The molecule has 2 fully saturated rings. The molecule has 2 aliphatic rings. The third-order valence-electron chi connectivity index (χ3n) is 3.90. The van der Waals surface area contributed by atoms with Crippen molar-refractivity contribution in [3.05, 3.63) is 0 Å². The van der Waals surface area contributed by atoms with E-state index in [1.807, 2.05) is 0 Å². The minimum atomic E-state index is -4.50. The molecule has 1 atom stereocenters. The van der Waals surface area contributed by atoms with Crippen molar-refractivity contribution in [2.45, 2.75) is 63.3 Å². The van der Waals surface area contributed by atoms with Crippen molar-refractivity contribution in [1.29, 1.82) is 0 Å². The normalized spacial score (nSPS) is 29.2. The van der Waals surface area contributed by atoms with E-state index in [1.165, 1.54) is 13.8 Å². The summed E-state index contributed by atoms with van der Waals surface area (Å²) in [5, 5.41) is 2.49. The molecule has 0 bridgehead atoms. The Morgan fingerprint density at radius 3 is 2.21 bits per heavy atom. The summed E-state index contributed by atoms with van der Waals surface area (Å²) in [6.07, 6.45) is -4.57. The second-order valence-corrected chi connectivity index (χ2v) is 5.74. The van der Waals surface area contributed by atoms with Crippen LogP contribution in [0.4, 0.5) is 13.2 Å². The van der Waals surface area contributed by atoms with Gasteiger partial charge in [-0.25, -0.2) is 0 Å². The van der Waals surface area contributed by atoms with Crippen molar-refractivity contribution < 1.29 is 22.8 Å². The third-order valence-corrected chi connectivity index (χ3v) is 3.90. The van der Waals surface area contributed by atoms with E-state index in [-0.39, 0.29) is 19.3 Å². The quantitative estimate of drug-likeness (QED) is 0.834. The van der Waals surface area contributed by atoms with Gasteiger partial charge >= 0.3 is 6.18 Å². The number of rotatable bonds is 2. The number of piperazine rings is 1. The first-order valence-electron chi connectivity index (χ1n) is 6.29. The van der Waals surface area contributed by atoms with Crippen LogP contribution in [0, 0.1) is 0 Å². The summed E-state index contributed by atoms with van der Waals surface area (Å²) < 4.78 is 39.7. The molecule has 19 heavy (non-hydrogen) atoms. The van der Waals surface area contributed by atoms with Gasteiger partial charge in [-0.2, -0.15) is 13.2 Å². The largest absolute Gasteiger partial charge is 0.411 e. The summed E-state index contributed by atoms with van der Waals surface area (Å²) in [5.74, 6) is -1.17. The molecule has 0 aromatic carbocycles. The Kier molecular flexibility index (Phi) is 2.88. The van der Waals surface area contributed by atoms with Crippen molar-refractivity contribution in [2.75, 3.05) is 0 Å². The Hall–Kier alpha value is -1.27. The summed E-state index contributed by atoms with van der Waals surface area (Å²) >= 11 is 0. The van der Waals surface area contributed by atoms with Crippen LogP contribution in [-0.4, -0.2) is 40.0 Å². The van der Waals surface area contributed by atoms with E-state index < -0.39 is 35.1 Å².